The zero-order valence-electron chi connectivity index (χ0n) is 7.11. The molecule has 0 bridgehead atoms. The topological polar surface area (TPSA) is 0 Å². The van der Waals surface area contributed by atoms with Gasteiger partial charge in [-0.2, -0.15) is 19.8 Å². The summed E-state index contributed by atoms with van der Waals surface area (Å²) in [7, 11) is 0. The molecule has 0 atom stereocenters. The zero-order chi connectivity index (χ0) is 7.41. The van der Waals surface area contributed by atoms with Crippen molar-refractivity contribution in [1.29, 1.82) is 0 Å². The Morgan fingerprint density at radius 3 is 0.818 bits per heavy atom. The van der Waals surface area contributed by atoms with Crippen LogP contribution in [0.15, 0.2) is 0 Å². The van der Waals surface area contributed by atoms with Gasteiger partial charge >= 0.3 is 32.7 Å². The molecule has 1 heteroatoms. The fourth-order valence-corrected chi connectivity index (χ4v) is 0. The van der Waals surface area contributed by atoms with Crippen molar-refractivity contribution in [3.63, 3.8) is 0 Å². The molecule has 0 spiro atoms. The second-order valence-corrected chi connectivity index (χ2v) is 1.000. The van der Waals surface area contributed by atoms with Crippen molar-refractivity contribution >= 4 is 0 Å². The SMILES string of the molecule is C.C.[CH2-]C.[CH2-]CC.[CH2-]CC.[Y+3]. The second-order valence-electron chi connectivity index (χ2n) is 1.000. The van der Waals surface area contributed by atoms with Gasteiger partial charge in [0.2, 0.25) is 0 Å². The summed E-state index contributed by atoms with van der Waals surface area (Å²) >= 11 is 0. The summed E-state index contributed by atoms with van der Waals surface area (Å²) in [5.41, 5.74) is 0. The fourth-order valence-electron chi connectivity index (χ4n) is 0. The average Bonchev–Trinajstić information content (AvgIpc) is 1.75. The molecule has 0 saturated carbocycles. The van der Waals surface area contributed by atoms with Gasteiger partial charge in [-0.3, -0.25) is 0 Å². The smallest absolute Gasteiger partial charge is 0.346 e. The summed E-state index contributed by atoms with van der Waals surface area (Å²) in [6.45, 7) is 16.0. The summed E-state index contributed by atoms with van der Waals surface area (Å²) in [5.74, 6) is 0. The maximum absolute atomic E-state index is 3.49. The molecule has 0 radical (unpaired) electrons. The van der Waals surface area contributed by atoms with Crippen LogP contribution in [0, 0.1) is 20.8 Å². The largest absolute Gasteiger partial charge is 3.00 e. The Kier molecular flexibility index (Phi) is 428. The van der Waals surface area contributed by atoms with Crippen LogP contribution in [0.4, 0.5) is 0 Å². The van der Waals surface area contributed by atoms with E-state index in [1.165, 1.54) is 0 Å². The molecule has 0 rings (SSSR count). The molecule has 0 nitrogen and oxygen atoms in total. The molecular formula is C10H27Y. The van der Waals surface area contributed by atoms with Crippen LogP contribution < -0.4 is 0 Å². The first-order valence-corrected chi connectivity index (χ1v) is 3.12. The van der Waals surface area contributed by atoms with Crippen LogP contribution in [0.1, 0.15) is 48.5 Å². The van der Waals surface area contributed by atoms with Crippen LogP contribution in [0.25, 0.3) is 0 Å². The van der Waals surface area contributed by atoms with Crippen LogP contribution in [0.2, 0.25) is 0 Å². The molecule has 0 fully saturated rings. The van der Waals surface area contributed by atoms with Gasteiger partial charge < -0.3 is 20.8 Å². The molecule has 0 aliphatic heterocycles. The predicted molar refractivity (Wildman–Crippen MR) is 55.8 cm³/mol. The quantitative estimate of drug-likeness (QED) is 0.540. The van der Waals surface area contributed by atoms with Crippen LogP contribution in [-0.2, 0) is 32.7 Å². The average molecular weight is 236 g/mol. The fraction of sp³-hybridized carbons (Fsp3) is 0.700. The van der Waals surface area contributed by atoms with Crippen LogP contribution >= 0.6 is 0 Å². The molecule has 0 amide bonds. The molecule has 0 aliphatic carbocycles. The first-order valence-electron chi connectivity index (χ1n) is 3.12. The summed E-state index contributed by atoms with van der Waals surface area (Å²) in [6.07, 6.45) is 2.00. The molecule has 0 aromatic heterocycles. The summed E-state index contributed by atoms with van der Waals surface area (Å²) in [5, 5.41) is 0. The van der Waals surface area contributed by atoms with Crippen LogP contribution in [0.5, 0.6) is 0 Å². The minimum atomic E-state index is 0. The third-order valence-electron chi connectivity index (χ3n) is 0. The van der Waals surface area contributed by atoms with E-state index in [2.05, 4.69) is 20.8 Å². The number of rotatable bonds is 0. The molecule has 11 heavy (non-hydrogen) atoms. The molecule has 0 heterocycles. The maximum Gasteiger partial charge on any atom is 3.00 e. The monoisotopic (exact) mass is 236 g/mol. The second kappa shape index (κ2) is 118. The Morgan fingerprint density at radius 2 is 0.818 bits per heavy atom. The molecule has 70 valence electrons. The van der Waals surface area contributed by atoms with Gasteiger partial charge in [-0.15, -0.1) is 0 Å². The minimum absolute atomic E-state index is 0. The van der Waals surface area contributed by atoms with Gasteiger partial charge in [-0.05, 0) is 0 Å². The van der Waals surface area contributed by atoms with E-state index in [1.807, 2.05) is 13.8 Å². The predicted octanol–water partition coefficient (Wildman–Crippen LogP) is 4.57. The van der Waals surface area contributed by atoms with E-state index >= 15 is 0 Å². The molecule has 0 aromatic rings. The zero-order valence-corrected chi connectivity index (χ0v) is 9.95. The van der Waals surface area contributed by atoms with Crippen molar-refractivity contribution in [2.45, 2.75) is 48.5 Å². The normalized spacial score (nSPS) is 3.82. The van der Waals surface area contributed by atoms with E-state index in [-0.39, 0.29) is 47.6 Å². The first-order chi connectivity index (χ1) is 3.83. The molecular weight excluding hydrogens is 209 g/mol. The Bertz CT molecular complexity index is 6.83. The molecule has 0 saturated heterocycles. The molecule has 0 aliphatic rings. The summed E-state index contributed by atoms with van der Waals surface area (Å²) in [6, 6.07) is 0. The van der Waals surface area contributed by atoms with Crippen molar-refractivity contribution in [3.05, 3.63) is 20.8 Å². The van der Waals surface area contributed by atoms with Gasteiger partial charge in [0.25, 0.3) is 0 Å². The van der Waals surface area contributed by atoms with Gasteiger partial charge in [-0.1, -0.05) is 28.7 Å². The minimum Gasteiger partial charge on any atom is -0.346 e. The standard InChI is InChI=1S/2C3H7.C2H5.2CH4.Y/c2*1-3-2;1-2;;;/h2*1,3H2,2H3;1H2,2H3;2*1H4;/q3*-1;;;+3. The molecule has 0 N–H and O–H groups in total. The molecule has 0 unspecified atom stereocenters. The summed E-state index contributed by atoms with van der Waals surface area (Å²) in [4.78, 5) is 0. The van der Waals surface area contributed by atoms with Gasteiger partial charge in [0.05, 0.1) is 0 Å². The van der Waals surface area contributed by atoms with Crippen molar-refractivity contribution in [3.8, 4) is 0 Å². The van der Waals surface area contributed by atoms with Gasteiger partial charge in [0.15, 0.2) is 0 Å². The van der Waals surface area contributed by atoms with Crippen molar-refractivity contribution in [1.82, 2.24) is 0 Å². The Balaban J connectivity index is -0.00000000764. The number of hydrogen-bond donors (Lipinski definition) is 0. The maximum atomic E-state index is 3.49. The Labute approximate surface area is 101 Å². The van der Waals surface area contributed by atoms with E-state index in [4.69, 9.17) is 0 Å². The third kappa shape index (κ3) is 755. The van der Waals surface area contributed by atoms with Crippen LogP contribution in [0.3, 0.4) is 0 Å². The van der Waals surface area contributed by atoms with Crippen molar-refractivity contribution < 1.29 is 32.7 Å². The van der Waals surface area contributed by atoms with Crippen molar-refractivity contribution in [2.75, 3.05) is 0 Å². The van der Waals surface area contributed by atoms with Gasteiger partial charge in [0.1, 0.15) is 0 Å². The number of hydrogen-bond acceptors (Lipinski definition) is 0. The Hall–Kier alpha value is 1.10. The van der Waals surface area contributed by atoms with Gasteiger partial charge in [0, 0.05) is 0 Å². The molecule has 0 aromatic carbocycles. The van der Waals surface area contributed by atoms with E-state index in [9.17, 15) is 0 Å². The van der Waals surface area contributed by atoms with E-state index in [0.717, 1.165) is 12.8 Å². The first kappa shape index (κ1) is 40.1. The van der Waals surface area contributed by atoms with E-state index in [0.29, 0.717) is 0 Å². The van der Waals surface area contributed by atoms with E-state index in [1.54, 1.807) is 6.92 Å². The van der Waals surface area contributed by atoms with Crippen LogP contribution in [-0.4, -0.2) is 0 Å². The Morgan fingerprint density at radius 1 is 0.818 bits per heavy atom. The van der Waals surface area contributed by atoms with Crippen molar-refractivity contribution in [2.24, 2.45) is 0 Å². The third-order valence-corrected chi connectivity index (χ3v) is 0. The van der Waals surface area contributed by atoms with E-state index < -0.39 is 0 Å². The summed E-state index contributed by atoms with van der Waals surface area (Å²) < 4.78 is 0. The van der Waals surface area contributed by atoms with Gasteiger partial charge in [-0.25, -0.2) is 0 Å².